The lowest BCUT2D eigenvalue weighted by molar-refractivity contribution is -0.138. The fourth-order valence-electron chi connectivity index (χ4n) is 4.66. The van der Waals surface area contributed by atoms with Crippen LogP contribution < -0.4 is 24.4 Å². The number of benzene rings is 3. The van der Waals surface area contributed by atoms with Gasteiger partial charge in [-0.1, -0.05) is 77.0 Å². The number of fused-ring (bicyclic) bond motifs is 1. The van der Waals surface area contributed by atoms with E-state index in [0.717, 1.165) is 5.56 Å². The Labute approximate surface area is 250 Å². The summed E-state index contributed by atoms with van der Waals surface area (Å²) < 4.78 is 18.5. The Balaban J connectivity index is 1.79. The van der Waals surface area contributed by atoms with Crippen LogP contribution in [0.1, 0.15) is 36.6 Å². The molecular formula is C31H26Cl2N2O5S. The van der Waals surface area contributed by atoms with Gasteiger partial charge >= 0.3 is 5.97 Å². The summed E-state index contributed by atoms with van der Waals surface area (Å²) >= 11 is 13.9. The molecule has 10 heteroatoms. The van der Waals surface area contributed by atoms with Gasteiger partial charge in [-0.15, -0.1) is 0 Å². The van der Waals surface area contributed by atoms with Crippen molar-refractivity contribution in [3.8, 4) is 11.5 Å². The van der Waals surface area contributed by atoms with E-state index in [1.165, 1.54) is 23.0 Å². The largest absolute Gasteiger partial charge is 0.493 e. The van der Waals surface area contributed by atoms with Gasteiger partial charge in [-0.25, -0.2) is 9.79 Å². The van der Waals surface area contributed by atoms with Gasteiger partial charge in [0.1, 0.15) is 0 Å². The van der Waals surface area contributed by atoms with Crippen LogP contribution in [0, 0.1) is 0 Å². The van der Waals surface area contributed by atoms with Gasteiger partial charge in [0.05, 0.1) is 47.2 Å². The molecule has 210 valence electrons. The molecule has 3 aromatic carbocycles. The average molecular weight is 610 g/mol. The standard InChI is InChI=1S/C31H26Cl2N2O5S/c1-4-39-28-22(33)15-18(16-23(28)38-3)17-24-29(36)35-27(20-11-13-21(32)14-12-20)25(30(37)40-5-2)26(34-31(35)41-24)19-9-7-6-8-10-19/h6-17,27H,4-5H2,1-3H3/b24-17-/t27-/m0/s1. The lowest BCUT2D eigenvalue weighted by Gasteiger charge is -2.25. The maximum absolute atomic E-state index is 14.0. The van der Waals surface area contributed by atoms with E-state index in [4.69, 9.17) is 42.4 Å². The molecule has 7 nitrogen and oxygen atoms in total. The van der Waals surface area contributed by atoms with Crippen LogP contribution in [0.2, 0.25) is 10.0 Å². The Hall–Kier alpha value is -3.85. The summed E-state index contributed by atoms with van der Waals surface area (Å²) in [6.07, 6.45) is 1.73. The smallest absolute Gasteiger partial charge is 0.338 e. The van der Waals surface area contributed by atoms with Gasteiger partial charge in [-0.3, -0.25) is 9.36 Å². The first-order valence-corrected chi connectivity index (χ1v) is 14.5. The molecule has 0 amide bonds. The van der Waals surface area contributed by atoms with Gasteiger partial charge in [0.25, 0.3) is 5.56 Å². The van der Waals surface area contributed by atoms with Gasteiger partial charge in [-0.2, -0.15) is 0 Å². The third-order valence-electron chi connectivity index (χ3n) is 6.40. The predicted octanol–water partition coefficient (Wildman–Crippen LogP) is 5.65. The molecule has 0 N–H and O–H groups in total. The van der Waals surface area contributed by atoms with Gasteiger partial charge in [-0.05, 0) is 55.3 Å². The van der Waals surface area contributed by atoms with E-state index in [0.29, 0.717) is 54.3 Å². The van der Waals surface area contributed by atoms with Crippen molar-refractivity contribution in [1.29, 1.82) is 0 Å². The number of ether oxygens (including phenoxy) is 3. The van der Waals surface area contributed by atoms with Crippen LogP contribution in [0.25, 0.3) is 11.8 Å². The van der Waals surface area contributed by atoms with Crippen molar-refractivity contribution < 1.29 is 19.0 Å². The zero-order valence-electron chi connectivity index (χ0n) is 22.5. The lowest BCUT2D eigenvalue weighted by Crippen LogP contribution is -2.40. The topological polar surface area (TPSA) is 79.1 Å². The van der Waals surface area contributed by atoms with Gasteiger partial charge in [0.15, 0.2) is 16.3 Å². The molecule has 0 saturated carbocycles. The number of hydrogen-bond acceptors (Lipinski definition) is 7. The highest BCUT2D eigenvalue weighted by Gasteiger charge is 2.35. The Morgan fingerprint density at radius 2 is 1.78 bits per heavy atom. The van der Waals surface area contributed by atoms with Crippen molar-refractivity contribution in [2.75, 3.05) is 20.3 Å². The molecular weight excluding hydrogens is 583 g/mol. The van der Waals surface area contributed by atoms with Crippen LogP contribution in [-0.2, 0) is 9.53 Å². The normalized spacial score (nSPS) is 14.9. The zero-order chi connectivity index (χ0) is 29.1. The van der Waals surface area contributed by atoms with Crippen LogP contribution in [0.3, 0.4) is 0 Å². The van der Waals surface area contributed by atoms with Crippen molar-refractivity contribution >= 4 is 52.3 Å². The second-order valence-corrected chi connectivity index (χ2v) is 10.8. The van der Waals surface area contributed by atoms with E-state index in [9.17, 15) is 9.59 Å². The number of halogens is 2. The Morgan fingerprint density at radius 3 is 2.44 bits per heavy atom. The highest BCUT2D eigenvalue weighted by Crippen LogP contribution is 2.37. The van der Waals surface area contributed by atoms with Crippen LogP contribution in [0.5, 0.6) is 11.5 Å². The monoisotopic (exact) mass is 608 g/mol. The fraction of sp³-hybridized carbons (Fsp3) is 0.194. The summed E-state index contributed by atoms with van der Waals surface area (Å²) in [6.45, 7) is 4.19. The van der Waals surface area contributed by atoms with Crippen LogP contribution in [-0.4, -0.2) is 30.9 Å². The third kappa shape index (κ3) is 5.68. The first-order chi connectivity index (χ1) is 19.9. The molecule has 5 rings (SSSR count). The quantitative estimate of drug-likeness (QED) is 0.242. The number of aromatic nitrogens is 1. The number of hydrogen-bond donors (Lipinski definition) is 0. The van der Waals surface area contributed by atoms with E-state index in [1.807, 2.05) is 37.3 Å². The molecule has 2 heterocycles. The van der Waals surface area contributed by atoms with Crippen molar-refractivity contribution in [3.63, 3.8) is 0 Å². The lowest BCUT2D eigenvalue weighted by atomic mass is 9.93. The minimum atomic E-state index is -0.793. The molecule has 0 unspecified atom stereocenters. The average Bonchev–Trinajstić information content (AvgIpc) is 3.28. The summed E-state index contributed by atoms with van der Waals surface area (Å²) in [5.74, 6) is 0.338. The third-order valence-corrected chi connectivity index (χ3v) is 7.91. The maximum Gasteiger partial charge on any atom is 0.338 e. The Morgan fingerprint density at radius 1 is 1.05 bits per heavy atom. The summed E-state index contributed by atoms with van der Waals surface area (Å²) in [4.78, 5) is 32.8. The molecule has 1 atom stereocenters. The molecule has 4 aromatic rings. The number of esters is 1. The SMILES string of the molecule is CCOC(=O)C1=C(c2ccccc2)N=c2s/c(=C\c3cc(Cl)c(OCC)c(OC)c3)c(=O)n2[C@H]1c1ccc(Cl)cc1. The second kappa shape index (κ2) is 12.3. The van der Waals surface area contributed by atoms with Crippen molar-refractivity contribution in [2.24, 2.45) is 4.99 Å². The van der Waals surface area contributed by atoms with E-state index in [1.54, 1.807) is 49.4 Å². The van der Waals surface area contributed by atoms with E-state index in [2.05, 4.69) is 0 Å². The highest BCUT2D eigenvalue weighted by atomic mass is 35.5. The number of methoxy groups -OCH3 is 1. The summed E-state index contributed by atoms with van der Waals surface area (Å²) in [6, 6.07) is 19.1. The van der Waals surface area contributed by atoms with E-state index in [-0.39, 0.29) is 17.7 Å². The summed E-state index contributed by atoms with van der Waals surface area (Å²) in [5.41, 5.74) is 2.48. The maximum atomic E-state index is 14.0. The predicted molar refractivity (Wildman–Crippen MR) is 162 cm³/mol. The van der Waals surface area contributed by atoms with Crippen molar-refractivity contribution in [3.05, 3.63) is 119 Å². The van der Waals surface area contributed by atoms with Crippen LogP contribution >= 0.6 is 34.5 Å². The summed E-state index contributed by atoms with van der Waals surface area (Å²) in [5, 5.41) is 0.896. The molecule has 0 aliphatic carbocycles. The van der Waals surface area contributed by atoms with Crippen molar-refractivity contribution in [1.82, 2.24) is 4.57 Å². The highest BCUT2D eigenvalue weighted by molar-refractivity contribution is 7.07. The number of carbonyl (C=O) groups excluding carboxylic acids is 1. The first kappa shape index (κ1) is 28.7. The van der Waals surface area contributed by atoms with Gasteiger partial charge in [0, 0.05) is 10.6 Å². The zero-order valence-corrected chi connectivity index (χ0v) is 24.8. The van der Waals surface area contributed by atoms with Gasteiger partial charge < -0.3 is 14.2 Å². The number of thiazole rings is 1. The van der Waals surface area contributed by atoms with Crippen LogP contribution in [0.4, 0.5) is 0 Å². The Bertz CT molecular complexity index is 1810. The Kier molecular flexibility index (Phi) is 8.63. The minimum Gasteiger partial charge on any atom is -0.493 e. The number of nitrogens with zero attached hydrogens (tertiary/aromatic N) is 2. The molecule has 1 aromatic heterocycles. The first-order valence-electron chi connectivity index (χ1n) is 12.9. The van der Waals surface area contributed by atoms with E-state index >= 15 is 0 Å². The molecule has 1 aliphatic rings. The molecule has 0 radical (unpaired) electrons. The van der Waals surface area contributed by atoms with Crippen LogP contribution in [0.15, 0.2) is 82.1 Å². The molecule has 0 fully saturated rings. The molecule has 0 saturated heterocycles. The molecule has 0 bridgehead atoms. The fourth-order valence-corrected chi connectivity index (χ4v) is 6.06. The minimum absolute atomic E-state index is 0.169. The number of rotatable bonds is 8. The van der Waals surface area contributed by atoms with E-state index < -0.39 is 12.0 Å². The second-order valence-electron chi connectivity index (χ2n) is 8.95. The molecule has 0 spiro atoms. The molecule has 41 heavy (non-hydrogen) atoms. The van der Waals surface area contributed by atoms with Crippen molar-refractivity contribution in [2.45, 2.75) is 19.9 Å². The molecule has 1 aliphatic heterocycles. The summed E-state index contributed by atoms with van der Waals surface area (Å²) in [7, 11) is 1.53. The van der Waals surface area contributed by atoms with Gasteiger partial charge in [0.2, 0.25) is 0 Å². The number of carbonyl (C=O) groups is 1.